The fourth-order valence-electron chi connectivity index (χ4n) is 3.25. The van der Waals surface area contributed by atoms with E-state index in [4.69, 9.17) is 10.5 Å². The van der Waals surface area contributed by atoms with Crippen LogP contribution in [0.3, 0.4) is 0 Å². The highest BCUT2D eigenvalue weighted by molar-refractivity contribution is 5.68. The number of ether oxygens (including phenoxy) is 1. The third-order valence-corrected chi connectivity index (χ3v) is 4.37. The molecule has 2 atom stereocenters. The summed E-state index contributed by atoms with van der Waals surface area (Å²) >= 11 is 0. The van der Waals surface area contributed by atoms with Crippen molar-refractivity contribution in [1.29, 1.82) is 0 Å². The van der Waals surface area contributed by atoms with Gasteiger partial charge >= 0.3 is 6.09 Å². The third kappa shape index (κ3) is 5.15. The first kappa shape index (κ1) is 16.6. The molecular formula is C16H31N3O2. The molecular weight excluding hydrogens is 266 g/mol. The smallest absolute Gasteiger partial charge is 0.410 e. The Balaban J connectivity index is 1.89. The van der Waals surface area contributed by atoms with Crippen molar-refractivity contribution >= 4 is 6.09 Å². The Morgan fingerprint density at radius 2 is 1.81 bits per heavy atom. The molecule has 5 heteroatoms. The number of piperidine rings is 1. The van der Waals surface area contributed by atoms with Gasteiger partial charge in [0, 0.05) is 25.2 Å². The molecule has 0 spiro atoms. The molecule has 2 saturated heterocycles. The zero-order valence-electron chi connectivity index (χ0n) is 13.8. The van der Waals surface area contributed by atoms with Crippen molar-refractivity contribution < 1.29 is 9.53 Å². The van der Waals surface area contributed by atoms with E-state index >= 15 is 0 Å². The van der Waals surface area contributed by atoms with Gasteiger partial charge in [0.2, 0.25) is 0 Å². The molecule has 2 aliphatic heterocycles. The van der Waals surface area contributed by atoms with Crippen LogP contribution in [0.2, 0.25) is 0 Å². The number of hydrogen-bond donors (Lipinski definition) is 1. The van der Waals surface area contributed by atoms with E-state index in [0.717, 1.165) is 45.4 Å². The summed E-state index contributed by atoms with van der Waals surface area (Å²) in [5.74, 6) is 0. The van der Waals surface area contributed by atoms with E-state index in [9.17, 15) is 4.79 Å². The van der Waals surface area contributed by atoms with Gasteiger partial charge in [-0.2, -0.15) is 0 Å². The molecule has 0 saturated carbocycles. The fourth-order valence-corrected chi connectivity index (χ4v) is 3.25. The predicted molar refractivity (Wildman–Crippen MR) is 84.2 cm³/mol. The van der Waals surface area contributed by atoms with Crippen molar-refractivity contribution in [3.63, 3.8) is 0 Å². The number of nitrogens with two attached hydrogens (primary N) is 1. The van der Waals surface area contributed by atoms with Gasteiger partial charge in [-0.3, -0.25) is 4.90 Å². The summed E-state index contributed by atoms with van der Waals surface area (Å²) in [4.78, 5) is 16.6. The van der Waals surface area contributed by atoms with E-state index < -0.39 is 5.60 Å². The molecule has 0 aromatic rings. The highest BCUT2D eigenvalue weighted by Crippen LogP contribution is 2.21. The summed E-state index contributed by atoms with van der Waals surface area (Å²) in [6.07, 6.45) is 5.44. The second kappa shape index (κ2) is 6.97. The molecule has 2 unspecified atom stereocenters. The first-order valence-corrected chi connectivity index (χ1v) is 8.33. The molecule has 2 rings (SSSR count). The van der Waals surface area contributed by atoms with Crippen LogP contribution in [-0.2, 0) is 4.74 Å². The Hall–Kier alpha value is -0.810. The van der Waals surface area contributed by atoms with Crippen LogP contribution in [0.5, 0.6) is 0 Å². The van der Waals surface area contributed by atoms with Crippen LogP contribution in [0.4, 0.5) is 4.79 Å². The van der Waals surface area contributed by atoms with Crippen molar-refractivity contribution in [1.82, 2.24) is 9.80 Å². The van der Waals surface area contributed by atoms with E-state index in [2.05, 4.69) is 4.90 Å². The zero-order chi connectivity index (χ0) is 15.5. The molecule has 0 aromatic heterocycles. The predicted octanol–water partition coefficient (Wildman–Crippen LogP) is 2.20. The van der Waals surface area contributed by atoms with Gasteiger partial charge in [0.25, 0.3) is 0 Å². The highest BCUT2D eigenvalue weighted by Gasteiger charge is 2.31. The van der Waals surface area contributed by atoms with Crippen LogP contribution < -0.4 is 5.73 Å². The standard InChI is InChI=1S/C16H31N3O2/c1-16(2,3)21-15(20)19-10-5-7-14(12-19)18-9-4-6-13(17)8-11-18/h13-14H,4-12,17H2,1-3H3. The maximum atomic E-state index is 12.2. The third-order valence-electron chi connectivity index (χ3n) is 4.37. The summed E-state index contributed by atoms with van der Waals surface area (Å²) in [5.41, 5.74) is 5.64. The average Bonchev–Trinajstić information content (AvgIpc) is 2.62. The van der Waals surface area contributed by atoms with Gasteiger partial charge in [-0.1, -0.05) is 0 Å². The normalized spacial score (nSPS) is 29.0. The maximum Gasteiger partial charge on any atom is 0.410 e. The number of carbonyl (C=O) groups is 1. The lowest BCUT2D eigenvalue weighted by Crippen LogP contribution is -2.51. The van der Waals surface area contributed by atoms with Crippen molar-refractivity contribution in [2.45, 2.75) is 70.6 Å². The van der Waals surface area contributed by atoms with Gasteiger partial charge in [-0.15, -0.1) is 0 Å². The molecule has 0 aliphatic carbocycles. The largest absolute Gasteiger partial charge is 0.444 e. The first-order valence-electron chi connectivity index (χ1n) is 8.33. The molecule has 2 N–H and O–H groups in total. The lowest BCUT2D eigenvalue weighted by molar-refractivity contribution is 0.0108. The molecule has 0 aromatic carbocycles. The fraction of sp³-hybridized carbons (Fsp3) is 0.938. The van der Waals surface area contributed by atoms with E-state index in [1.54, 1.807) is 0 Å². The lowest BCUT2D eigenvalue weighted by atomic mass is 10.0. The van der Waals surface area contributed by atoms with Crippen molar-refractivity contribution in [3.8, 4) is 0 Å². The van der Waals surface area contributed by atoms with Crippen molar-refractivity contribution in [3.05, 3.63) is 0 Å². The van der Waals surface area contributed by atoms with Crippen molar-refractivity contribution in [2.75, 3.05) is 26.2 Å². The van der Waals surface area contributed by atoms with Crippen LogP contribution in [0, 0.1) is 0 Å². The van der Waals surface area contributed by atoms with Gasteiger partial charge < -0.3 is 15.4 Å². The van der Waals surface area contributed by atoms with Gasteiger partial charge in [0.15, 0.2) is 0 Å². The summed E-state index contributed by atoms with van der Waals surface area (Å²) in [7, 11) is 0. The van der Waals surface area contributed by atoms with Gasteiger partial charge in [0.05, 0.1) is 0 Å². The molecule has 5 nitrogen and oxygen atoms in total. The average molecular weight is 297 g/mol. The summed E-state index contributed by atoms with van der Waals surface area (Å²) < 4.78 is 5.50. The Morgan fingerprint density at radius 1 is 1.10 bits per heavy atom. The number of rotatable bonds is 1. The van der Waals surface area contributed by atoms with Crippen LogP contribution in [0.25, 0.3) is 0 Å². The monoisotopic (exact) mass is 297 g/mol. The Labute approximate surface area is 128 Å². The minimum atomic E-state index is -0.417. The molecule has 2 heterocycles. The van der Waals surface area contributed by atoms with Crippen LogP contribution in [-0.4, -0.2) is 59.8 Å². The maximum absolute atomic E-state index is 12.2. The number of amides is 1. The second-order valence-electron chi connectivity index (χ2n) is 7.45. The molecule has 2 fully saturated rings. The lowest BCUT2D eigenvalue weighted by Gasteiger charge is -2.39. The molecule has 21 heavy (non-hydrogen) atoms. The zero-order valence-corrected chi connectivity index (χ0v) is 13.8. The first-order chi connectivity index (χ1) is 9.85. The minimum absolute atomic E-state index is 0.168. The van der Waals surface area contributed by atoms with E-state index in [-0.39, 0.29) is 6.09 Å². The number of likely N-dealkylation sites (tertiary alicyclic amines) is 2. The highest BCUT2D eigenvalue weighted by atomic mass is 16.6. The van der Waals surface area contributed by atoms with E-state index in [1.165, 1.54) is 12.8 Å². The second-order valence-corrected chi connectivity index (χ2v) is 7.45. The summed E-state index contributed by atoms with van der Waals surface area (Å²) in [6, 6.07) is 0.817. The molecule has 2 aliphatic rings. The molecule has 1 amide bonds. The molecule has 0 bridgehead atoms. The Kier molecular flexibility index (Phi) is 5.49. The van der Waals surface area contributed by atoms with Gasteiger partial charge in [-0.05, 0) is 66.0 Å². The number of carbonyl (C=O) groups excluding carboxylic acids is 1. The van der Waals surface area contributed by atoms with Crippen molar-refractivity contribution in [2.24, 2.45) is 5.73 Å². The number of hydrogen-bond acceptors (Lipinski definition) is 4. The quantitative estimate of drug-likeness (QED) is 0.806. The van der Waals surface area contributed by atoms with Gasteiger partial charge in [0.1, 0.15) is 5.60 Å². The Bertz CT molecular complexity index is 354. The van der Waals surface area contributed by atoms with E-state index in [1.807, 2.05) is 25.7 Å². The SMILES string of the molecule is CC(C)(C)OC(=O)N1CCCC(N2CCCC(N)CC2)C1. The van der Waals surface area contributed by atoms with Gasteiger partial charge in [-0.25, -0.2) is 4.79 Å². The van der Waals surface area contributed by atoms with Crippen LogP contribution in [0.15, 0.2) is 0 Å². The van der Waals surface area contributed by atoms with Crippen LogP contribution >= 0.6 is 0 Å². The summed E-state index contributed by atoms with van der Waals surface area (Å²) in [5, 5.41) is 0. The van der Waals surface area contributed by atoms with Crippen LogP contribution in [0.1, 0.15) is 52.9 Å². The molecule has 122 valence electrons. The molecule has 0 radical (unpaired) electrons. The Morgan fingerprint density at radius 3 is 2.52 bits per heavy atom. The topological polar surface area (TPSA) is 58.8 Å². The van der Waals surface area contributed by atoms with E-state index in [0.29, 0.717) is 12.1 Å². The number of nitrogens with zero attached hydrogens (tertiary/aromatic N) is 2. The minimum Gasteiger partial charge on any atom is -0.444 e. The summed E-state index contributed by atoms with van der Waals surface area (Å²) in [6.45, 7) is 9.55.